The lowest BCUT2D eigenvalue weighted by atomic mass is 10.2. The maximum Gasteiger partial charge on any atom is 0.178 e. The zero-order chi connectivity index (χ0) is 15.1. The van der Waals surface area contributed by atoms with Gasteiger partial charge in [-0.05, 0) is 25.1 Å². The summed E-state index contributed by atoms with van der Waals surface area (Å²) in [5.74, 6) is 1.48. The standard InChI is InChI=1S/C15H13N7/c1-9-19-15(16-2)13-10(5-8-22(13)21-9)11-3-4-12-14(20-11)18-7-6-17-12/h3-8H,1-2H3,(H,16,19,21). The number of hydrogen-bond donors (Lipinski definition) is 1. The van der Waals surface area contributed by atoms with E-state index >= 15 is 0 Å². The van der Waals surface area contributed by atoms with Crippen LogP contribution in [-0.2, 0) is 0 Å². The van der Waals surface area contributed by atoms with Crippen molar-refractivity contribution in [2.75, 3.05) is 12.4 Å². The van der Waals surface area contributed by atoms with Crippen molar-refractivity contribution in [2.45, 2.75) is 6.92 Å². The lowest BCUT2D eigenvalue weighted by Crippen LogP contribution is -2.03. The van der Waals surface area contributed by atoms with Gasteiger partial charge in [0.05, 0.1) is 5.69 Å². The van der Waals surface area contributed by atoms with Crippen LogP contribution in [0.1, 0.15) is 5.82 Å². The molecule has 0 radical (unpaired) electrons. The van der Waals surface area contributed by atoms with Crippen LogP contribution in [0.25, 0.3) is 27.9 Å². The van der Waals surface area contributed by atoms with E-state index in [1.165, 1.54) is 0 Å². The minimum Gasteiger partial charge on any atom is -0.371 e. The van der Waals surface area contributed by atoms with Crippen molar-refractivity contribution < 1.29 is 0 Å². The fraction of sp³-hybridized carbons (Fsp3) is 0.133. The number of anilines is 1. The number of pyridine rings is 1. The molecule has 7 nitrogen and oxygen atoms in total. The number of rotatable bonds is 2. The largest absolute Gasteiger partial charge is 0.371 e. The minimum atomic E-state index is 0.624. The highest BCUT2D eigenvalue weighted by Crippen LogP contribution is 2.28. The van der Waals surface area contributed by atoms with Gasteiger partial charge in [-0.3, -0.25) is 4.98 Å². The molecule has 4 heterocycles. The molecule has 0 aliphatic rings. The van der Waals surface area contributed by atoms with Crippen molar-refractivity contribution in [1.82, 2.24) is 29.5 Å². The van der Waals surface area contributed by atoms with Gasteiger partial charge in [0.1, 0.15) is 16.9 Å². The Morgan fingerprint density at radius 3 is 2.77 bits per heavy atom. The first kappa shape index (κ1) is 12.6. The van der Waals surface area contributed by atoms with Gasteiger partial charge in [-0.1, -0.05) is 0 Å². The molecule has 0 spiro atoms. The third-order valence-electron chi connectivity index (χ3n) is 3.46. The van der Waals surface area contributed by atoms with Gasteiger partial charge in [0.15, 0.2) is 11.5 Å². The molecular weight excluding hydrogens is 278 g/mol. The molecule has 1 N–H and O–H groups in total. The third kappa shape index (κ3) is 1.86. The molecule has 0 atom stereocenters. The Labute approximate surface area is 126 Å². The van der Waals surface area contributed by atoms with Gasteiger partial charge >= 0.3 is 0 Å². The van der Waals surface area contributed by atoms with Crippen LogP contribution in [0.2, 0.25) is 0 Å². The third-order valence-corrected chi connectivity index (χ3v) is 3.46. The molecule has 0 bridgehead atoms. The molecule has 0 aliphatic heterocycles. The second-order valence-corrected chi connectivity index (χ2v) is 4.88. The maximum absolute atomic E-state index is 4.60. The molecule has 0 amide bonds. The van der Waals surface area contributed by atoms with E-state index in [0.717, 1.165) is 28.1 Å². The van der Waals surface area contributed by atoms with Crippen molar-refractivity contribution in [2.24, 2.45) is 0 Å². The number of aryl methyl sites for hydroxylation is 1. The lowest BCUT2D eigenvalue weighted by molar-refractivity contribution is 0.859. The zero-order valence-electron chi connectivity index (χ0n) is 12.1. The molecule has 0 unspecified atom stereocenters. The molecule has 0 saturated carbocycles. The number of hydrogen-bond acceptors (Lipinski definition) is 6. The number of nitrogens with zero attached hydrogens (tertiary/aromatic N) is 6. The summed E-state index contributed by atoms with van der Waals surface area (Å²) >= 11 is 0. The number of aromatic nitrogens is 6. The summed E-state index contributed by atoms with van der Waals surface area (Å²) in [6.07, 6.45) is 5.21. The summed E-state index contributed by atoms with van der Waals surface area (Å²) in [5, 5.41) is 7.52. The Bertz CT molecular complexity index is 990. The second-order valence-electron chi connectivity index (χ2n) is 4.88. The Morgan fingerprint density at radius 2 is 1.91 bits per heavy atom. The highest BCUT2D eigenvalue weighted by Gasteiger charge is 2.13. The molecule has 0 fully saturated rings. The molecule has 0 aliphatic carbocycles. The normalized spacial score (nSPS) is 11.2. The fourth-order valence-electron chi connectivity index (χ4n) is 2.52. The highest BCUT2D eigenvalue weighted by molar-refractivity contribution is 5.88. The van der Waals surface area contributed by atoms with Gasteiger partial charge < -0.3 is 5.32 Å². The van der Waals surface area contributed by atoms with Crippen LogP contribution in [0.3, 0.4) is 0 Å². The van der Waals surface area contributed by atoms with Crippen molar-refractivity contribution >= 4 is 22.5 Å². The predicted molar refractivity (Wildman–Crippen MR) is 83.6 cm³/mol. The number of fused-ring (bicyclic) bond motifs is 2. The summed E-state index contributed by atoms with van der Waals surface area (Å²) < 4.78 is 1.81. The van der Waals surface area contributed by atoms with Crippen LogP contribution < -0.4 is 5.32 Å². The van der Waals surface area contributed by atoms with E-state index in [2.05, 4.69) is 30.4 Å². The van der Waals surface area contributed by atoms with Gasteiger partial charge in [-0.15, -0.1) is 0 Å². The predicted octanol–water partition coefficient (Wildman–Crippen LogP) is 2.08. The molecule has 4 aromatic heterocycles. The summed E-state index contributed by atoms with van der Waals surface area (Å²) in [6.45, 7) is 1.86. The molecule has 4 aromatic rings. The Balaban J connectivity index is 1.99. The van der Waals surface area contributed by atoms with E-state index in [-0.39, 0.29) is 0 Å². The summed E-state index contributed by atoms with van der Waals surface area (Å²) in [4.78, 5) is 17.5. The minimum absolute atomic E-state index is 0.624. The van der Waals surface area contributed by atoms with E-state index < -0.39 is 0 Å². The summed E-state index contributed by atoms with van der Waals surface area (Å²) in [6, 6.07) is 5.84. The molecule has 7 heteroatoms. The number of nitrogens with one attached hydrogen (secondary N) is 1. The topological polar surface area (TPSA) is 80.9 Å². The first-order chi connectivity index (χ1) is 10.8. The monoisotopic (exact) mass is 291 g/mol. The molecule has 0 aromatic carbocycles. The van der Waals surface area contributed by atoms with Crippen LogP contribution in [0, 0.1) is 6.92 Å². The van der Waals surface area contributed by atoms with Crippen molar-refractivity contribution in [3.63, 3.8) is 0 Å². The SMILES string of the molecule is CNc1nc(C)nn2ccc(-c3ccc4nccnc4n3)c12. The Hall–Kier alpha value is -3.09. The average Bonchev–Trinajstić information content (AvgIpc) is 2.97. The van der Waals surface area contributed by atoms with Gasteiger partial charge in [0.25, 0.3) is 0 Å². The molecule has 4 rings (SSSR count). The highest BCUT2D eigenvalue weighted by atomic mass is 15.3. The van der Waals surface area contributed by atoms with Crippen LogP contribution in [-0.4, -0.2) is 36.6 Å². The van der Waals surface area contributed by atoms with E-state index in [4.69, 9.17) is 0 Å². The van der Waals surface area contributed by atoms with Crippen molar-refractivity contribution in [3.8, 4) is 11.3 Å². The van der Waals surface area contributed by atoms with Crippen LogP contribution >= 0.6 is 0 Å². The van der Waals surface area contributed by atoms with E-state index in [9.17, 15) is 0 Å². The van der Waals surface area contributed by atoms with E-state index in [1.807, 2.05) is 42.9 Å². The smallest absolute Gasteiger partial charge is 0.178 e. The van der Waals surface area contributed by atoms with Crippen LogP contribution in [0.15, 0.2) is 36.8 Å². The van der Waals surface area contributed by atoms with E-state index in [1.54, 1.807) is 12.4 Å². The van der Waals surface area contributed by atoms with Crippen molar-refractivity contribution in [3.05, 3.63) is 42.6 Å². The summed E-state index contributed by atoms with van der Waals surface area (Å²) in [5.41, 5.74) is 4.06. The quantitative estimate of drug-likeness (QED) is 0.609. The maximum atomic E-state index is 4.60. The molecular formula is C15H13N7. The molecule has 0 saturated heterocycles. The average molecular weight is 291 g/mol. The Morgan fingerprint density at radius 1 is 1.05 bits per heavy atom. The van der Waals surface area contributed by atoms with Gasteiger partial charge in [-0.25, -0.2) is 19.5 Å². The fourth-order valence-corrected chi connectivity index (χ4v) is 2.52. The summed E-state index contributed by atoms with van der Waals surface area (Å²) in [7, 11) is 1.85. The lowest BCUT2D eigenvalue weighted by Gasteiger charge is -2.07. The van der Waals surface area contributed by atoms with Gasteiger partial charge in [0, 0.05) is 31.2 Å². The van der Waals surface area contributed by atoms with Crippen LogP contribution in [0.4, 0.5) is 5.82 Å². The zero-order valence-corrected chi connectivity index (χ0v) is 12.1. The first-order valence-corrected chi connectivity index (χ1v) is 6.88. The second kappa shape index (κ2) is 4.73. The van der Waals surface area contributed by atoms with Gasteiger partial charge in [0.2, 0.25) is 0 Å². The van der Waals surface area contributed by atoms with Crippen molar-refractivity contribution in [1.29, 1.82) is 0 Å². The molecule has 108 valence electrons. The first-order valence-electron chi connectivity index (χ1n) is 6.88. The van der Waals surface area contributed by atoms with E-state index in [0.29, 0.717) is 11.5 Å². The van der Waals surface area contributed by atoms with Crippen LogP contribution in [0.5, 0.6) is 0 Å². The van der Waals surface area contributed by atoms with Gasteiger partial charge in [-0.2, -0.15) is 5.10 Å². The Kier molecular flexibility index (Phi) is 2.72. The molecule has 22 heavy (non-hydrogen) atoms.